The Morgan fingerprint density at radius 3 is 2.75 bits per heavy atom. The third kappa shape index (κ3) is 3.08. The van der Waals surface area contributed by atoms with Crippen molar-refractivity contribution in [3.63, 3.8) is 0 Å². The second-order valence-corrected chi connectivity index (χ2v) is 7.34. The first-order valence-electron chi connectivity index (χ1n) is 9.83. The molecule has 3 aromatic heterocycles. The van der Waals surface area contributed by atoms with Crippen molar-refractivity contribution >= 4 is 27.9 Å². The highest BCUT2D eigenvalue weighted by molar-refractivity contribution is 5.83. The quantitative estimate of drug-likeness (QED) is 0.447. The lowest BCUT2D eigenvalue weighted by molar-refractivity contribution is 0.501. The maximum Gasteiger partial charge on any atom is 0.266 e. The van der Waals surface area contributed by atoms with E-state index in [1.165, 1.54) is 24.8 Å². The van der Waals surface area contributed by atoms with Crippen molar-refractivity contribution in [3.05, 3.63) is 82.4 Å². The lowest BCUT2D eigenvalue weighted by Crippen LogP contribution is -2.28. The number of hydrogen-bond acceptors (Lipinski definition) is 6. The zero-order valence-corrected chi connectivity index (χ0v) is 17.1. The molecule has 0 saturated carbocycles. The van der Waals surface area contributed by atoms with Gasteiger partial charge in [-0.1, -0.05) is 18.2 Å². The van der Waals surface area contributed by atoms with Crippen molar-refractivity contribution in [1.82, 2.24) is 29.5 Å². The summed E-state index contributed by atoms with van der Waals surface area (Å²) in [7, 11) is 0. The molecule has 0 aliphatic heterocycles. The topological polar surface area (TPSA) is 101 Å². The van der Waals surface area contributed by atoms with Crippen LogP contribution in [0.4, 0.5) is 14.6 Å². The van der Waals surface area contributed by atoms with Gasteiger partial charge in [-0.05, 0) is 37.6 Å². The van der Waals surface area contributed by atoms with E-state index in [2.05, 4.69) is 30.2 Å². The average molecular weight is 433 g/mol. The summed E-state index contributed by atoms with van der Waals surface area (Å²) >= 11 is 0. The third-order valence-electron chi connectivity index (χ3n) is 5.26. The van der Waals surface area contributed by atoms with E-state index in [0.717, 1.165) is 10.6 Å². The highest BCUT2D eigenvalue weighted by Crippen LogP contribution is 2.25. The van der Waals surface area contributed by atoms with E-state index in [1.54, 1.807) is 32.0 Å². The number of nitrogens with zero attached hydrogens (tertiary/aromatic N) is 5. The summed E-state index contributed by atoms with van der Waals surface area (Å²) < 4.78 is 29.9. The first-order chi connectivity index (χ1) is 15.5. The van der Waals surface area contributed by atoms with Crippen LogP contribution in [0.15, 0.2) is 53.8 Å². The van der Waals surface area contributed by atoms with Gasteiger partial charge in [-0.15, -0.1) is 0 Å². The van der Waals surface area contributed by atoms with Crippen LogP contribution in [0.2, 0.25) is 0 Å². The molecule has 0 saturated heterocycles. The van der Waals surface area contributed by atoms with Crippen molar-refractivity contribution in [3.8, 4) is 5.69 Å². The van der Waals surface area contributed by atoms with Crippen molar-refractivity contribution in [2.24, 2.45) is 0 Å². The summed E-state index contributed by atoms with van der Waals surface area (Å²) in [4.78, 5) is 33.6. The van der Waals surface area contributed by atoms with E-state index in [0.29, 0.717) is 33.4 Å². The van der Waals surface area contributed by atoms with Crippen LogP contribution in [0, 0.1) is 18.6 Å². The summed E-state index contributed by atoms with van der Waals surface area (Å²) in [6.07, 6.45) is 2.86. The molecule has 1 atom stereocenters. The molecular formula is C22H17F2N7O. The second-order valence-electron chi connectivity index (χ2n) is 7.34. The van der Waals surface area contributed by atoms with E-state index in [-0.39, 0.29) is 11.5 Å². The van der Waals surface area contributed by atoms with Gasteiger partial charge in [-0.3, -0.25) is 9.36 Å². The van der Waals surface area contributed by atoms with Gasteiger partial charge in [0.25, 0.3) is 5.56 Å². The van der Waals surface area contributed by atoms with Gasteiger partial charge in [0.1, 0.15) is 17.7 Å². The predicted molar refractivity (Wildman–Crippen MR) is 116 cm³/mol. The van der Waals surface area contributed by atoms with Gasteiger partial charge in [-0.25, -0.2) is 28.7 Å². The first-order valence-corrected chi connectivity index (χ1v) is 9.83. The van der Waals surface area contributed by atoms with E-state index < -0.39 is 23.2 Å². The van der Waals surface area contributed by atoms with E-state index in [9.17, 15) is 13.6 Å². The second kappa shape index (κ2) is 7.49. The molecule has 0 aliphatic carbocycles. The predicted octanol–water partition coefficient (Wildman–Crippen LogP) is 3.81. The molecule has 0 bridgehead atoms. The van der Waals surface area contributed by atoms with Gasteiger partial charge >= 0.3 is 0 Å². The number of anilines is 1. The van der Waals surface area contributed by atoms with Gasteiger partial charge < -0.3 is 10.3 Å². The SMILES string of the molecule is Cc1cccc2nc(C(C)Nc3ncnc4[nH]cnc34)n(-c3cccc(F)c3F)c(=O)c12. The summed E-state index contributed by atoms with van der Waals surface area (Å²) in [5.74, 6) is -1.58. The highest BCUT2D eigenvalue weighted by atomic mass is 19.2. The molecule has 2 N–H and O–H groups in total. The van der Waals surface area contributed by atoms with Crippen molar-refractivity contribution in [2.75, 3.05) is 5.32 Å². The van der Waals surface area contributed by atoms with Gasteiger partial charge in [-0.2, -0.15) is 0 Å². The van der Waals surface area contributed by atoms with Gasteiger partial charge in [0.05, 0.1) is 29.0 Å². The fraction of sp³-hybridized carbons (Fsp3) is 0.136. The van der Waals surface area contributed by atoms with Crippen LogP contribution in [-0.4, -0.2) is 29.5 Å². The zero-order chi connectivity index (χ0) is 22.4. The molecule has 1 unspecified atom stereocenters. The van der Waals surface area contributed by atoms with Crippen LogP contribution in [-0.2, 0) is 0 Å². The van der Waals surface area contributed by atoms with Gasteiger partial charge in [0.15, 0.2) is 23.1 Å². The van der Waals surface area contributed by atoms with Crippen LogP contribution in [0.25, 0.3) is 27.8 Å². The number of rotatable bonds is 4. The maximum absolute atomic E-state index is 14.8. The fourth-order valence-corrected chi connectivity index (χ4v) is 3.74. The Morgan fingerprint density at radius 2 is 1.91 bits per heavy atom. The lowest BCUT2D eigenvalue weighted by atomic mass is 10.1. The third-order valence-corrected chi connectivity index (χ3v) is 5.26. The van der Waals surface area contributed by atoms with Gasteiger partial charge in [0, 0.05) is 0 Å². The molecule has 2 aromatic carbocycles. The molecule has 0 aliphatic rings. The number of fused-ring (bicyclic) bond motifs is 2. The standard InChI is InChI=1S/C22H17F2N7O/c1-11-5-3-7-14-16(11)22(32)31(15-8-4-6-13(23)17(15)24)21(30-14)12(2)29-20-18-19(26-9-25-18)27-10-28-20/h3-10,12H,1-2H3,(H2,25,26,27,28,29). The number of hydrogen-bond donors (Lipinski definition) is 2. The molecule has 3 heterocycles. The Bertz CT molecular complexity index is 1540. The number of imidazole rings is 1. The molecule has 10 heteroatoms. The van der Waals surface area contributed by atoms with Crippen molar-refractivity contribution in [1.29, 1.82) is 0 Å². The largest absolute Gasteiger partial charge is 0.358 e. The highest BCUT2D eigenvalue weighted by Gasteiger charge is 2.23. The van der Waals surface area contributed by atoms with Gasteiger partial charge in [0.2, 0.25) is 0 Å². The Hall–Kier alpha value is -4.21. The van der Waals surface area contributed by atoms with Crippen LogP contribution >= 0.6 is 0 Å². The Kier molecular flexibility index (Phi) is 4.62. The molecule has 0 fully saturated rings. The van der Waals surface area contributed by atoms with E-state index >= 15 is 0 Å². The zero-order valence-electron chi connectivity index (χ0n) is 17.1. The van der Waals surface area contributed by atoms with Crippen molar-refractivity contribution < 1.29 is 8.78 Å². The summed E-state index contributed by atoms with van der Waals surface area (Å²) in [5, 5.41) is 3.50. The maximum atomic E-state index is 14.8. The molecule has 160 valence electrons. The molecule has 5 aromatic rings. The first kappa shape index (κ1) is 19.7. The fourth-order valence-electron chi connectivity index (χ4n) is 3.74. The Labute approximate surface area is 180 Å². The molecule has 32 heavy (non-hydrogen) atoms. The molecule has 5 rings (SSSR count). The number of H-pyrrole nitrogens is 1. The minimum Gasteiger partial charge on any atom is -0.358 e. The molecule has 8 nitrogen and oxygen atoms in total. The molecular weight excluding hydrogens is 416 g/mol. The van der Waals surface area contributed by atoms with Crippen LogP contribution in [0.5, 0.6) is 0 Å². The summed E-state index contributed by atoms with van der Waals surface area (Å²) in [6.45, 7) is 3.52. The molecule has 0 amide bonds. The van der Waals surface area contributed by atoms with Crippen LogP contribution < -0.4 is 10.9 Å². The number of benzene rings is 2. The van der Waals surface area contributed by atoms with Crippen LogP contribution in [0.1, 0.15) is 24.4 Å². The van der Waals surface area contributed by atoms with E-state index in [4.69, 9.17) is 0 Å². The average Bonchev–Trinajstić information content (AvgIpc) is 3.26. The summed E-state index contributed by atoms with van der Waals surface area (Å²) in [6, 6.07) is 8.35. The number of aromatic nitrogens is 6. The monoisotopic (exact) mass is 433 g/mol. The minimum absolute atomic E-state index is 0.194. The Morgan fingerprint density at radius 1 is 1.09 bits per heavy atom. The number of aryl methyl sites for hydroxylation is 1. The van der Waals surface area contributed by atoms with Crippen molar-refractivity contribution in [2.45, 2.75) is 19.9 Å². The number of aromatic amines is 1. The molecule has 0 spiro atoms. The summed E-state index contributed by atoms with van der Waals surface area (Å²) in [5.41, 5.74) is 1.47. The van der Waals surface area contributed by atoms with Crippen LogP contribution in [0.3, 0.4) is 0 Å². The minimum atomic E-state index is -1.13. The normalized spacial score (nSPS) is 12.4. The molecule has 0 radical (unpaired) electrons. The number of nitrogens with one attached hydrogen (secondary N) is 2. The number of halogens is 2. The van der Waals surface area contributed by atoms with E-state index in [1.807, 2.05) is 0 Å². The lowest BCUT2D eigenvalue weighted by Gasteiger charge is -2.21. The smallest absolute Gasteiger partial charge is 0.266 e. The Balaban J connectivity index is 1.75.